The number of benzene rings is 1. The molecule has 0 saturated heterocycles. The summed E-state index contributed by atoms with van der Waals surface area (Å²) in [5.74, 6) is -0.301. The molecule has 0 heterocycles. The van der Waals surface area contributed by atoms with E-state index in [1.54, 1.807) is 25.1 Å². The molecule has 1 N–H and O–H groups in total. The number of anilines is 1. The molecule has 0 radical (unpaired) electrons. The third-order valence-corrected chi connectivity index (χ3v) is 4.32. The lowest BCUT2D eigenvalue weighted by Gasteiger charge is -2.29. The molecule has 0 aromatic heterocycles. The van der Waals surface area contributed by atoms with Gasteiger partial charge in [-0.15, -0.1) is 0 Å². The number of hydrogen-bond donors (Lipinski definition) is 1. The summed E-state index contributed by atoms with van der Waals surface area (Å²) in [6.45, 7) is 8.48. The summed E-state index contributed by atoms with van der Waals surface area (Å²) in [7, 11) is 1.49. The van der Waals surface area contributed by atoms with E-state index >= 15 is 0 Å². The predicted molar refractivity (Wildman–Crippen MR) is 106 cm³/mol. The van der Waals surface area contributed by atoms with Crippen molar-refractivity contribution in [3.8, 4) is 5.75 Å². The molecule has 0 aliphatic carbocycles. The van der Waals surface area contributed by atoms with Crippen molar-refractivity contribution in [3.63, 3.8) is 0 Å². The largest absolute Gasteiger partial charge is 0.496 e. The van der Waals surface area contributed by atoms with E-state index in [1.165, 1.54) is 7.11 Å². The summed E-state index contributed by atoms with van der Waals surface area (Å²) in [5, 5.41) is 2.88. The van der Waals surface area contributed by atoms with Gasteiger partial charge in [-0.3, -0.25) is 4.79 Å². The zero-order valence-corrected chi connectivity index (χ0v) is 17.2. The van der Waals surface area contributed by atoms with E-state index in [4.69, 9.17) is 14.2 Å². The first kappa shape index (κ1) is 23.0. The highest BCUT2D eigenvalue weighted by Gasteiger charge is 2.33. The van der Waals surface area contributed by atoms with E-state index in [0.717, 1.165) is 25.7 Å². The Morgan fingerprint density at radius 3 is 2.44 bits per heavy atom. The number of methoxy groups -OCH3 is 1. The molecule has 0 fully saturated rings. The first-order valence-corrected chi connectivity index (χ1v) is 9.72. The number of unbranched alkanes of at least 4 members (excludes halogenated alkanes) is 2. The third kappa shape index (κ3) is 6.86. The maximum Gasteiger partial charge on any atom is 0.341 e. The predicted octanol–water partition coefficient (Wildman–Crippen LogP) is 4.58. The lowest BCUT2D eigenvalue weighted by atomic mass is 9.96. The van der Waals surface area contributed by atoms with Crippen molar-refractivity contribution in [1.29, 1.82) is 0 Å². The van der Waals surface area contributed by atoms with Crippen molar-refractivity contribution < 1.29 is 23.8 Å². The molecule has 1 amide bonds. The minimum absolute atomic E-state index is 0.216. The van der Waals surface area contributed by atoms with Crippen LogP contribution in [0.4, 0.5) is 5.69 Å². The van der Waals surface area contributed by atoms with E-state index in [0.29, 0.717) is 24.5 Å². The van der Waals surface area contributed by atoms with Gasteiger partial charge in [-0.2, -0.15) is 0 Å². The van der Waals surface area contributed by atoms with E-state index < -0.39 is 11.6 Å². The average molecular weight is 379 g/mol. The van der Waals surface area contributed by atoms with Gasteiger partial charge in [0, 0.05) is 12.3 Å². The van der Waals surface area contributed by atoms with Crippen LogP contribution in [0, 0.1) is 0 Å². The first-order valence-electron chi connectivity index (χ1n) is 9.72. The van der Waals surface area contributed by atoms with E-state index in [1.807, 2.05) is 13.8 Å². The molecule has 6 heteroatoms. The number of rotatable bonds is 12. The zero-order chi connectivity index (χ0) is 20.3. The Bertz CT molecular complexity index is 617. The van der Waals surface area contributed by atoms with Crippen molar-refractivity contribution in [3.05, 3.63) is 23.8 Å². The van der Waals surface area contributed by atoms with Crippen molar-refractivity contribution in [1.82, 2.24) is 0 Å². The van der Waals surface area contributed by atoms with Gasteiger partial charge >= 0.3 is 5.97 Å². The molecule has 1 aromatic carbocycles. The Morgan fingerprint density at radius 1 is 1.11 bits per heavy atom. The summed E-state index contributed by atoms with van der Waals surface area (Å²) < 4.78 is 16.2. The normalized spacial score (nSPS) is 12.9. The monoisotopic (exact) mass is 379 g/mol. The highest BCUT2D eigenvalue weighted by molar-refractivity contribution is 5.99. The third-order valence-electron chi connectivity index (χ3n) is 4.32. The maximum absolute atomic E-state index is 12.9. The fourth-order valence-corrected chi connectivity index (χ4v) is 2.71. The summed E-state index contributed by atoms with van der Waals surface area (Å²) in [6, 6.07) is 4.91. The van der Waals surface area contributed by atoms with Crippen LogP contribution >= 0.6 is 0 Å². The number of nitrogens with one attached hydrogen (secondary N) is 1. The second kappa shape index (κ2) is 11.6. The minimum atomic E-state index is -0.908. The van der Waals surface area contributed by atoms with Gasteiger partial charge < -0.3 is 19.5 Å². The summed E-state index contributed by atoms with van der Waals surface area (Å²) in [5.41, 5.74) is -0.125. The van der Waals surface area contributed by atoms with Crippen LogP contribution in [0.1, 0.15) is 70.2 Å². The zero-order valence-electron chi connectivity index (χ0n) is 17.2. The Hall–Kier alpha value is -2.08. The maximum atomic E-state index is 12.9. The van der Waals surface area contributed by atoms with Crippen LogP contribution in [0.3, 0.4) is 0 Å². The van der Waals surface area contributed by atoms with Gasteiger partial charge in [0.05, 0.1) is 13.7 Å². The van der Waals surface area contributed by atoms with Crippen LogP contribution < -0.4 is 10.1 Å². The molecule has 0 spiro atoms. The number of ether oxygens (including phenoxy) is 3. The Kier molecular flexibility index (Phi) is 9.86. The molecule has 0 saturated carbocycles. The van der Waals surface area contributed by atoms with Crippen LogP contribution in [0.2, 0.25) is 0 Å². The quantitative estimate of drug-likeness (QED) is 0.425. The molecular weight excluding hydrogens is 346 g/mol. The molecule has 6 nitrogen and oxygen atoms in total. The lowest BCUT2D eigenvalue weighted by molar-refractivity contribution is -0.140. The first-order chi connectivity index (χ1) is 12.9. The van der Waals surface area contributed by atoms with Crippen LogP contribution in [0.5, 0.6) is 5.75 Å². The molecule has 0 aliphatic rings. The van der Waals surface area contributed by atoms with E-state index in [-0.39, 0.29) is 18.1 Å². The second-order valence-corrected chi connectivity index (χ2v) is 6.63. The van der Waals surface area contributed by atoms with Gasteiger partial charge in [-0.05, 0) is 44.9 Å². The number of hydrogen-bond acceptors (Lipinski definition) is 5. The standard InChI is InChI=1S/C21H33NO5/c1-6-9-10-13-21(4,27-14-7-2)20(24)22-16-11-12-18(25-5)17(15-16)19(23)26-8-3/h11-12,15H,6-10,13-14H2,1-5H3,(H,22,24). The molecular formula is C21H33NO5. The topological polar surface area (TPSA) is 73.9 Å². The molecule has 1 atom stereocenters. The van der Waals surface area contributed by atoms with E-state index in [2.05, 4.69) is 12.2 Å². The van der Waals surface area contributed by atoms with Crippen LogP contribution in [-0.4, -0.2) is 37.8 Å². The Balaban J connectivity index is 2.99. The van der Waals surface area contributed by atoms with Crippen LogP contribution in [0.25, 0.3) is 0 Å². The number of carbonyl (C=O) groups excluding carboxylic acids is 2. The van der Waals surface area contributed by atoms with Gasteiger partial charge in [-0.25, -0.2) is 4.79 Å². The summed E-state index contributed by atoms with van der Waals surface area (Å²) in [6.07, 6.45) is 4.53. The Labute approximate surface area is 162 Å². The number of carbonyl (C=O) groups is 2. The molecule has 1 aromatic rings. The minimum Gasteiger partial charge on any atom is -0.496 e. The van der Waals surface area contributed by atoms with Crippen LogP contribution in [0.15, 0.2) is 18.2 Å². The Morgan fingerprint density at radius 2 is 1.85 bits per heavy atom. The number of esters is 1. The second-order valence-electron chi connectivity index (χ2n) is 6.63. The van der Waals surface area contributed by atoms with Crippen molar-refractivity contribution in [2.75, 3.05) is 25.6 Å². The lowest BCUT2D eigenvalue weighted by Crippen LogP contribution is -2.43. The van der Waals surface area contributed by atoms with Crippen molar-refractivity contribution in [2.45, 2.75) is 65.4 Å². The van der Waals surface area contributed by atoms with Gasteiger partial charge in [0.15, 0.2) is 0 Å². The van der Waals surface area contributed by atoms with Gasteiger partial charge in [0.2, 0.25) is 0 Å². The van der Waals surface area contributed by atoms with Gasteiger partial charge in [-0.1, -0.05) is 33.1 Å². The highest BCUT2D eigenvalue weighted by Crippen LogP contribution is 2.26. The summed E-state index contributed by atoms with van der Waals surface area (Å²) >= 11 is 0. The summed E-state index contributed by atoms with van der Waals surface area (Å²) in [4.78, 5) is 25.0. The van der Waals surface area contributed by atoms with E-state index in [9.17, 15) is 9.59 Å². The number of amides is 1. The smallest absolute Gasteiger partial charge is 0.341 e. The van der Waals surface area contributed by atoms with Crippen molar-refractivity contribution in [2.24, 2.45) is 0 Å². The van der Waals surface area contributed by atoms with Gasteiger partial charge in [0.25, 0.3) is 5.91 Å². The molecule has 152 valence electrons. The molecule has 0 aliphatic heterocycles. The molecule has 0 bridgehead atoms. The van der Waals surface area contributed by atoms with Crippen molar-refractivity contribution >= 4 is 17.6 Å². The average Bonchev–Trinajstić information content (AvgIpc) is 2.66. The SMILES string of the molecule is CCCCCC(C)(OCCC)C(=O)Nc1ccc(OC)c(C(=O)OCC)c1. The fourth-order valence-electron chi connectivity index (χ4n) is 2.71. The fraction of sp³-hybridized carbons (Fsp3) is 0.619. The van der Waals surface area contributed by atoms with Crippen LogP contribution in [-0.2, 0) is 14.3 Å². The molecule has 1 unspecified atom stereocenters. The molecule has 1 rings (SSSR count). The molecule has 27 heavy (non-hydrogen) atoms. The van der Waals surface area contributed by atoms with Gasteiger partial charge in [0.1, 0.15) is 16.9 Å². The highest BCUT2D eigenvalue weighted by atomic mass is 16.5.